The summed E-state index contributed by atoms with van der Waals surface area (Å²) in [4.78, 5) is 33.7. The Kier molecular flexibility index (Phi) is 3.82. The maximum atomic E-state index is 13.2. The number of aromatic nitrogens is 2. The maximum absolute atomic E-state index is 13.2. The molecule has 1 spiro atoms. The van der Waals surface area contributed by atoms with Crippen molar-refractivity contribution in [1.29, 1.82) is 0 Å². The molecule has 2 aromatic heterocycles. The summed E-state index contributed by atoms with van der Waals surface area (Å²) in [7, 11) is 1.88. The highest BCUT2D eigenvalue weighted by molar-refractivity contribution is 5.99. The van der Waals surface area contributed by atoms with Crippen LogP contribution in [0.15, 0.2) is 42.9 Å². The molecule has 2 fully saturated rings. The fraction of sp³-hybridized carbons (Fsp3) is 0.421. The second-order valence-electron chi connectivity index (χ2n) is 7.01. The van der Waals surface area contributed by atoms with Crippen molar-refractivity contribution in [1.82, 2.24) is 14.5 Å². The number of carbonyl (C=O) groups is 2. The molecule has 0 saturated carbocycles. The molecule has 0 N–H and O–H groups in total. The van der Waals surface area contributed by atoms with Gasteiger partial charge in [-0.15, -0.1) is 0 Å². The number of anilines is 1. The first-order valence-corrected chi connectivity index (χ1v) is 8.74. The SMILES string of the molecule is Cn1cccc1C(=O)N1CCCCC12CC(=O)N(c1cccnc1)C2. The molecule has 4 heterocycles. The lowest BCUT2D eigenvalue weighted by molar-refractivity contribution is -0.118. The van der Waals surface area contributed by atoms with Crippen LogP contribution in [0.2, 0.25) is 0 Å². The quantitative estimate of drug-likeness (QED) is 0.844. The summed E-state index contributed by atoms with van der Waals surface area (Å²) >= 11 is 0. The molecule has 2 saturated heterocycles. The molecule has 25 heavy (non-hydrogen) atoms. The van der Waals surface area contributed by atoms with E-state index in [0.29, 0.717) is 25.2 Å². The summed E-state index contributed by atoms with van der Waals surface area (Å²) in [6, 6.07) is 7.46. The van der Waals surface area contributed by atoms with Crippen LogP contribution in [0.1, 0.15) is 36.2 Å². The monoisotopic (exact) mass is 338 g/mol. The van der Waals surface area contributed by atoms with Crippen LogP contribution in [0.3, 0.4) is 0 Å². The largest absolute Gasteiger partial charge is 0.347 e. The topological polar surface area (TPSA) is 58.4 Å². The molecular formula is C19H22N4O2. The number of pyridine rings is 1. The molecule has 0 aliphatic carbocycles. The molecule has 4 rings (SSSR count). The first kappa shape index (κ1) is 15.9. The molecule has 1 unspecified atom stereocenters. The van der Waals surface area contributed by atoms with Gasteiger partial charge in [-0.3, -0.25) is 14.6 Å². The van der Waals surface area contributed by atoms with Crippen molar-refractivity contribution >= 4 is 17.5 Å². The second kappa shape index (κ2) is 6.02. The Morgan fingerprint density at radius 3 is 2.84 bits per heavy atom. The fourth-order valence-corrected chi connectivity index (χ4v) is 4.15. The first-order chi connectivity index (χ1) is 12.1. The third-order valence-electron chi connectivity index (χ3n) is 5.45. The van der Waals surface area contributed by atoms with Crippen molar-refractivity contribution in [3.8, 4) is 0 Å². The number of nitrogens with zero attached hydrogens (tertiary/aromatic N) is 4. The predicted molar refractivity (Wildman–Crippen MR) is 94.2 cm³/mol. The van der Waals surface area contributed by atoms with E-state index in [9.17, 15) is 9.59 Å². The summed E-state index contributed by atoms with van der Waals surface area (Å²) < 4.78 is 1.85. The number of hydrogen-bond acceptors (Lipinski definition) is 3. The lowest BCUT2D eigenvalue weighted by Crippen LogP contribution is -2.56. The van der Waals surface area contributed by atoms with E-state index in [0.717, 1.165) is 24.9 Å². The van der Waals surface area contributed by atoms with Crippen LogP contribution in [-0.4, -0.2) is 44.9 Å². The van der Waals surface area contributed by atoms with Gasteiger partial charge in [-0.05, 0) is 43.5 Å². The van der Waals surface area contributed by atoms with Gasteiger partial charge in [0.1, 0.15) is 5.69 Å². The number of rotatable bonds is 2. The maximum Gasteiger partial charge on any atom is 0.271 e. The highest BCUT2D eigenvalue weighted by Gasteiger charge is 2.50. The van der Waals surface area contributed by atoms with Crippen molar-refractivity contribution in [2.75, 3.05) is 18.0 Å². The van der Waals surface area contributed by atoms with E-state index in [1.807, 2.05) is 47.0 Å². The molecule has 0 radical (unpaired) electrons. The smallest absolute Gasteiger partial charge is 0.271 e. The lowest BCUT2D eigenvalue weighted by Gasteiger charge is -2.44. The average Bonchev–Trinajstić information content (AvgIpc) is 3.19. The van der Waals surface area contributed by atoms with Crippen LogP contribution in [0.4, 0.5) is 5.69 Å². The first-order valence-electron chi connectivity index (χ1n) is 8.74. The van der Waals surface area contributed by atoms with E-state index in [4.69, 9.17) is 0 Å². The lowest BCUT2D eigenvalue weighted by atomic mass is 9.85. The molecule has 0 bridgehead atoms. The minimum atomic E-state index is -0.410. The summed E-state index contributed by atoms with van der Waals surface area (Å²) in [6.07, 6.45) is 8.58. The second-order valence-corrected chi connectivity index (χ2v) is 7.01. The molecule has 2 aromatic rings. The zero-order valence-electron chi connectivity index (χ0n) is 14.4. The van der Waals surface area contributed by atoms with Crippen molar-refractivity contribution in [2.45, 2.75) is 31.2 Å². The van der Waals surface area contributed by atoms with E-state index in [-0.39, 0.29) is 11.8 Å². The number of amides is 2. The average molecular weight is 338 g/mol. The number of aryl methyl sites for hydroxylation is 1. The van der Waals surface area contributed by atoms with Gasteiger partial charge in [-0.25, -0.2) is 0 Å². The van der Waals surface area contributed by atoms with E-state index < -0.39 is 5.54 Å². The van der Waals surface area contributed by atoms with E-state index in [1.165, 1.54) is 0 Å². The molecule has 6 nitrogen and oxygen atoms in total. The van der Waals surface area contributed by atoms with Crippen LogP contribution in [0.25, 0.3) is 0 Å². The highest BCUT2D eigenvalue weighted by Crippen LogP contribution is 2.39. The van der Waals surface area contributed by atoms with Gasteiger partial charge in [0.25, 0.3) is 5.91 Å². The minimum absolute atomic E-state index is 0.0213. The molecule has 130 valence electrons. The molecule has 1 atom stereocenters. The molecule has 0 aromatic carbocycles. The summed E-state index contributed by atoms with van der Waals surface area (Å²) in [5, 5.41) is 0. The Hall–Kier alpha value is -2.63. The third-order valence-corrected chi connectivity index (χ3v) is 5.45. The molecular weight excluding hydrogens is 316 g/mol. The Labute approximate surface area is 147 Å². The van der Waals surface area contributed by atoms with Crippen molar-refractivity contribution < 1.29 is 9.59 Å². The van der Waals surface area contributed by atoms with Gasteiger partial charge in [-0.1, -0.05) is 0 Å². The normalized spacial score (nSPS) is 23.5. The molecule has 2 aliphatic rings. The van der Waals surface area contributed by atoms with Gasteiger partial charge < -0.3 is 14.4 Å². The number of hydrogen-bond donors (Lipinski definition) is 0. The Morgan fingerprint density at radius 1 is 1.24 bits per heavy atom. The number of piperidine rings is 1. The van der Waals surface area contributed by atoms with Crippen LogP contribution in [0.5, 0.6) is 0 Å². The zero-order valence-corrected chi connectivity index (χ0v) is 14.4. The third kappa shape index (κ3) is 2.62. The van der Waals surface area contributed by atoms with Gasteiger partial charge >= 0.3 is 0 Å². The summed E-state index contributed by atoms with van der Waals surface area (Å²) in [6.45, 7) is 1.26. The van der Waals surface area contributed by atoms with E-state index >= 15 is 0 Å². The van der Waals surface area contributed by atoms with Gasteiger partial charge in [0.2, 0.25) is 5.91 Å². The zero-order chi connectivity index (χ0) is 17.4. The van der Waals surface area contributed by atoms with Crippen molar-refractivity contribution in [2.24, 2.45) is 7.05 Å². The van der Waals surface area contributed by atoms with Crippen LogP contribution in [-0.2, 0) is 11.8 Å². The number of carbonyl (C=O) groups excluding carboxylic acids is 2. The Morgan fingerprint density at radius 2 is 2.12 bits per heavy atom. The van der Waals surface area contributed by atoms with Gasteiger partial charge in [0.15, 0.2) is 0 Å². The van der Waals surface area contributed by atoms with Gasteiger partial charge in [-0.2, -0.15) is 0 Å². The van der Waals surface area contributed by atoms with Crippen LogP contribution < -0.4 is 4.90 Å². The molecule has 2 aliphatic heterocycles. The Balaban J connectivity index is 1.66. The summed E-state index contributed by atoms with van der Waals surface area (Å²) in [5.74, 6) is 0.0904. The highest BCUT2D eigenvalue weighted by atomic mass is 16.2. The molecule has 6 heteroatoms. The van der Waals surface area contributed by atoms with Gasteiger partial charge in [0, 0.05) is 32.5 Å². The fourth-order valence-electron chi connectivity index (χ4n) is 4.15. The molecule has 2 amide bonds. The summed E-state index contributed by atoms with van der Waals surface area (Å²) in [5.41, 5.74) is 1.07. The standard InChI is InChI=1S/C19H22N4O2/c1-21-10-5-7-16(21)18(25)23-11-3-2-8-19(23)12-17(24)22(14-19)15-6-4-9-20-13-15/h4-7,9-10,13H,2-3,8,11-12,14H2,1H3. The predicted octanol–water partition coefficient (Wildman–Crippen LogP) is 2.22. The van der Waals surface area contributed by atoms with Crippen LogP contribution in [0, 0.1) is 0 Å². The van der Waals surface area contributed by atoms with Crippen molar-refractivity contribution in [3.05, 3.63) is 48.5 Å². The van der Waals surface area contributed by atoms with Gasteiger partial charge in [0.05, 0.1) is 23.8 Å². The minimum Gasteiger partial charge on any atom is -0.347 e. The van der Waals surface area contributed by atoms with Crippen molar-refractivity contribution in [3.63, 3.8) is 0 Å². The number of likely N-dealkylation sites (tertiary alicyclic amines) is 1. The van der Waals surface area contributed by atoms with E-state index in [2.05, 4.69) is 4.98 Å². The van der Waals surface area contributed by atoms with E-state index in [1.54, 1.807) is 17.3 Å². The Bertz CT molecular complexity index is 801. The van der Waals surface area contributed by atoms with Crippen LogP contribution >= 0.6 is 0 Å².